The zero-order valence-electron chi connectivity index (χ0n) is 7.72. The largest absolute Gasteiger partial charge is 0.466 e. The third kappa shape index (κ3) is 1.61. The normalized spacial score (nSPS) is 34.8. The molecule has 0 amide bonds. The maximum Gasteiger partial charge on any atom is 0.180 e. The molecule has 72 valence electrons. The molecule has 1 aromatic rings. The van der Waals surface area contributed by atoms with Gasteiger partial charge in [0.15, 0.2) is 5.67 Å². The van der Waals surface area contributed by atoms with Gasteiger partial charge in [-0.05, 0) is 31.9 Å². The van der Waals surface area contributed by atoms with Crippen LogP contribution in [0.15, 0.2) is 22.8 Å². The van der Waals surface area contributed by atoms with E-state index in [4.69, 9.17) is 4.42 Å². The number of hydrogen-bond donors (Lipinski definition) is 1. The lowest BCUT2D eigenvalue weighted by molar-refractivity contribution is 0.0803. The Morgan fingerprint density at radius 3 is 3.08 bits per heavy atom. The van der Waals surface area contributed by atoms with E-state index in [9.17, 15) is 4.39 Å². The van der Waals surface area contributed by atoms with E-state index >= 15 is 0 Å². The van der Waals surface area contributed by atoms with Gasteiger partial charge in [-0.1, -0.05) is 0 Å². The molecule has 1 aliphatic rings. The SMILES string of the molecule is CC1CCC(F)(c2ccco2)CN1. The molecule has 0 aromatic carbocycles. The van der Waals surface area contributed by atoms with Crippen LogP contribution in [0.3, 0.4) is 0 Å². The summed E-state index contributed by atoms with van der Waals surface area (Å²) in [5.74, 6) is 0.451. The molecule has 1 N–H and O–H groups in total. The monoisotopic (exact) mass is 183 g/mol. The molecule has 0 aliphatic carbocycles. The molecule has 2 rings (SSSR count). The average molecular weight is 183 g/mol. The second-order valence-electron chi connectivity index (χ2n) is 3.76. The molecular formula is C10H14FNO. The Kier molecular flexibility index (Phi) is 2.12. The third-order valence-corrected chi connectivity index (χ3v) is 2.67. The molecule has 2 heterocycles. The van der Waals surface area contributed by atoms with E-state index in [0.29, 0.717) is 24.8 Å². The van der Waals surface area contributed by atoms with Crippen LogP contribution in [0.1, 0.15) is 25.5 Å². The topological polar surface area (TPSA) is 25.2 Å². The Balaban J connectivity index is 2.13. The number of piperidine rings is 1. The zero-order chi connectivity index (χ0) is 9.31. The number of halogens is 1. The molecule has 2 atom stereocenters. The summed E-state index contributed by atoms with van der Waals surface area (Å²) in [7, 11) is 0. The third-order valence-electron chi connectivity index (χ3n) is 2.67. The van der Waals surface area contributed by atoms with Crippen LogP contribution < -0.4 is 5.32 Å². The lowest BCUT2D eigenvalue weighted by Gasteiger charge is -2.31. The Morgan fingerprint density at radius 2 is 2.54 bits per heavy atom. The van der Waals surface area contributed by atoms with E-state index < -0.39 is 5.67 Å². The number of nitrogens with one attached hydrogen (secondary N) is 1. The van der Waals surface area contributed by atoms with E-state index in [0.717, 1.165) is 6.42 Å². The van der Waals surface area contributed by atoms with Gasteiger partial charge in [0, 0.05) is 12.6 Å². The number of alkyl halides is 1. The number of rotatable bonds is 1. The predicted octanol–water partition coefficient (Wildman–Crippen LogP) is 2.22. The Labute approximate surface area is 77.1 Å². The fourth-order valence-electron chi connectivity index (χ4n) is 1.72. The van der Waals surface area contributed by atoms with Crippen molar-refractivity contribution in [3.8, 4) is 0 Å². The van der Waals surface area contributed by atoms with Gasteiger partial charge >= 0.3 is 0 Å². The van der Waals surface area contributed by atoms with E-state index in [2.05, 4.69) is 12.2 Å². The summed E-state index contributed by atoms with van der Waals surface area (Å²) >= 11 is 0. The highest BCUT2D eigenvalue weighted by Crippen LogP contribution is 2.34. The summed E-state index contributed by atoms with van der Waals surface area (Å²) in [6, 6.07) is 3.85. The van der Waals surface area contributed by atoms with Crippen molar-refractivity contribution >= 4 is 0 Å². The van der Waals surface area contributed by atoms with Gasteiger partial charge in [0.2, 0.25) is 0 Å². The van der Waals surface area contributed by atoms with Gasteiger partial charge in [-0.15, -0.1) is 0 Å². The summed E-state index contributed by atoms with van der Waals surface area (Å²) in [4.78, 5) is 0. The molecule has 0 spiro atoms. The Morgan fingerprint density at radius 1 is 1.69 bits per heavy atom. The molecule has 0 radical (unpaired) electrons. The zero-order valence-corrected chi connectivity index (χ0v) is 7.72. The molecule has 1 saturated heterocycles. The highest BCUT2D eigenvalue weighted by atomic mass is 19.1. The van der Waals surface area contributed by atoms with Crippen LogP contribution in [0, 0.1) is 0 Å². The van der Waals surface area contributed by atoms with E-state index in [1.54, 1.807) is 12.1 Å². The fraction of sp³-hybridized carbons (Fsp3) is 0.600. The Bertz CT molecular complexity index is 262. The van der Waals surface area contributed by atoms with Gasteiger partial charge in [-0.3, -0.25) is 0 Å². The van der Waals surface area contributed by atoms with Gasteiger partial charge < -0.3 is 9.73 Å². The van der Waals surface area contributed by atoms with Crippen molar-refractivity contribution in [3.63, 3.8) is 0 Å². The standard InChI is InChI=1S/C10H14FNO/c1-8-4-5-10(11,7-12-8)9-3-2-6-13-9/h2-3,6,8,12H,4-5,7H2,1H3. The first-order valence-electron chi connectivity index (χ1n) is 4.67. The fourth-order valence-corrected chi connectivity index (χ4v) is 1.72. The van der Waals surface area contributed by atoms with Crippen molar-refractivity contribution in [3.05, 3.63) is 24.2 Å². The van der Waals surface area contributed by atoms with Gasteiger partial charge in [-0.25, -0.2) is 4.39 Å². The molecule has 1 aromatic heterocycles. The molecule has 0 bridgehead atoms. The summed E-state index contributed by atoms with van der Waals surface area (Å²) in [6.45, 7) is 2.43. The minimum Gasteiger partial charge on any atom is -0.466 e. The first-order valence-corrected chi connectivity index (χ1v) is 4.67. The molecule has 1 aliphatic heterocycles. The molecule has 3 heteroatoms. The summed E-state index contributed by atoms with van der Waals surface area (Å²) in [5, 5.41) is 3.13. The summed E-state index contributed by atoms with van der Waals surface area (Å²) in [6.07, 6.45) is 2.93. The molecule has 2 unspecified atom stereocenters. The second kappa shape index (κ2) is 3.14. The van der Waals surface area contributed by atoms with Crippen LogP contribution in [-0.2, 0) is 5.67 Å². The number of furan rings is 1. The van der Waals surface area contributed by atoms with Crippen molar-refractivity contribution in [2.75, 3.05) is 6.54 Å². The van der Waals surface area contributed by atoms with Gasteiger partial charge in [0.25, 0.3) is 0 Å². The lowest BCUT2D eigenvalue weighted by Crippen LogP contribution is -2.44. The average Bonchev–Trinajstić information content (AvgIpc) is 2.63. The first kappa shape index (κ1) is 8.75. The van der Waals surface area contributed by atoms with Crippen molar-refractivity contribution in [2.24, 2.45) is 0 Å². The van der Waals surface area contributed by atoms with Crippen LogP contribution >= 0.6 is 0 Å². The Hall–Kier alpha value is -0.830. The molecule has 13 heavy (non-hydrogen) atoms. The van der Waals surface area contributed by atoms with Gasteiger partial charge in [0.05, 0.1) is 6.26 Å². The molecular weight excluding hydrogens is 169 g/mol. The van der Waals surface area contributed by atoms with Crippen LogP contribution in [0.5, 0.6) is 0 Å². The van der Waals surface area contributed by atoms with Crippen LogP contribution in [-0.4, -0.2) is 12.6 Å². The minimum absolute atomic E-state index is 0.363. The van der Waals surface area contributed by atoms with Crippen molar-refractivity contribution in [2.45, 2.75) is 31.5 Å². The molecule has 0 saturated carbocycles. The summed E-state index contributed by atoms with van der Waals surface area (Å²) < 4.78 is 19.3. The second-order valence-corrected chi connectivity index (χ2v) is 3.76. The van der Waals surface area contributed by atoms with Crippen molar-refractivity contribution in [1.82, 2.24) is 5.32 Å². The van der Waals surface area contributed by atoms with Crippen molar-refractivity contribution < 1.29 is 8.81 Å². The predicted molar refractivity (Wildman–Crippen MR) is 48.2 cm³/mol. The van der Waals surface area contributed by atoms with Gasteiger partial charge in [-0.2, -0.15) is 0 Å². The highest BCUT2D eigenvalue weighted by Gasteiger charge is 2.38. The first-order chi connectivity index (χ1) is 6.21. The molecule has 1 fully saturated rings. The quantitative estimate of drug-likeness (QED) is 0.722. The minimum atomic E-state index is -1.30. The van der Waals surface area contributed by atoms with E-state index in [1.807, 2.05) is 0 Å². The highest BCUT2D eigenvalue weighted by molar-refractivity contribution is 5.11. The smallest absolute Gasteiger partial charge is 0.180 e. The maximum atomic E-state index is 14.2. The maximum absolute atomic E-state index is 14.2. The number of hydrogen-bond acceptors (Lipinski definition) is 2. The van der Waals surface area contributed by atoms with Gasteiger partial charge in [0.1, 0.15) is 5.76 Å². The van der Waals surface area contributed by atoms with Crippen LogP contribution in [0.25, 0.3) is 0 Å². The van der Waals surface area contributed by atoms with E-state index in [-0.39, 0.29) is 0 Å². The van der Waals surface area contributed by atoms with Crippen LogP contribution in [0.2, 0.25) is 0 Å². The van der Waals surface area contributed by atoms with E-state index in [1.165, 1.54) is 6.26 Å². The summed E-state index contributed by atoms with van der Waals surface area (Å²) in [5.41, 5.74) is -1.30. The lowest BCUT2D eigenvalue weighted by atomic mass is 9.90. The van der Waals surface area contributed by atoms with Crippen LogP contribution in [0.4, 0.5) is 4.39 Å². The molecule has 2 nitrogen and oxygen atoms in total. The van der Waals surface area contributed by atoms with Crippen molar-refractivity contribution in [1.29, 1.82) is 0 Å².